The van der Waals surface area contributed by atoms with Crippen LogP contribution in [-0.4, -0.2) is 13.1 Å². The summed E-state index contributed by atoms with van der Waals surface area (Å²) in [6, 6.07) is 9.50. The lowest BCUT2D eigenvalue weighted by molar-refractivity contribution is 0.0562. The number of furan rings is 1. The molecule has 1 aromatic heterocycles. The molecule has 20 heavy (non-hydrogen) atoms. The predicted molar refractivity (Wildman–Crippen MR) is 78.0 cm³/mol. The molecule has 0 saturated heterocycles. The summed E-state index contributed by atoms with van der Waals surface area (Å²) in [6.07, 6.45) is 0. The summed E-state index contributed by atoms with van der Waals surface area (Å²) in [5.74, 6) is 0.457. The van der Waals surface area contributed by atoms with Crippen LogP contribution in [0.2, 0.25) is 0 Å². The Bertz CT molecular complexity index is 616. The summed E-state index contributed by atoms with van der Waals surface area (Å²) in [5, 5.41) is 3.39. The number of carbonyl (C=O) groups is 1. The van der Waals surface area contributed by atoms with Gasteiger partial charge >= 0.3 is 5.97 Å². The van der Waals surface area contributed by atoms with E-state index in [1.165, 1.54) is 18.2 Å². The highest BCUT2D eigenvalue weighted by Crippen LogP contribution is 2.25. The number of carbonyl (C=O) groups excluding carboxylic acids is 1. The third kappa shape index (κ3) is 2.85. The van der Waals surface area contributed by atoms with Crippen molar-refractivity contribution in [1.29, 1.82) is 0 Å². The largest absolute Gasteiger partial charge is 0.463 e. The third-order valence-electron chi connectivity index (χ3n) is 3.42. The zero-order valence-corrected chi connectivity index (χ0v) is 12.2. The van der Waals surface area contributed by atoms with Crippen LogP contribution in [0.4, 0.5) is 5.69 Å². The maximum atomic E-state index is 11.4. The highest BCUT2D eigenvalue weighted by atomic mass is 16.5. The minimum atomic E-state index is -0.463. The third-order valence-corrected chi connectivity index (χ3v) is 3.42. The van der Waals surface area contributed by atoms with Gasteiger partial charge in [0, 0.05) is 5.69 Å². The van der Waals surface area contributed by atoms with E-state index in [-0.39, 0.29) is 11.8 Å². The molecule has 1 atom stereocenters. The number of hydrogen-bond donors (Lipinski definition) is 1. The highest BCUT2D eigenvalue weighted by Gasteiger charge is 2.15. The fourth-order valence-electron chi connectivity index (χ4n) is 2.01. The van der Waals surface area contributed by atoms with Crippen molar-refractivity contribution in [3.05, 3.63) is 53.0 Å². The van der Waals surface area contributed by atoms with Crippen molar-refractivity contribution in [1.82, 2.24) is 0 Å². The maximum absolute atomic E-state index is 11.4. The van der Waals surface area contributed by atoms with E-state index in [1.807, 2.05) is 19.1 Å². The van der Waals surface area contributed by atoms with E-state index in [0.29, 0.717) is 5.76 Å². The monoisotopic (exact) mass is 273 g/mol. The number of rotatable bonds is 4. The predicted octanol–water partition coefficient (Wildman–Crippen LogP) is 3.86. The van der Waals surface area contributed by atoms with Gasteiger partial charge in [0.05, 0.1) is 13.2 Å². The average Bonchev–Trinajstić information content (AvgIpc) is 2.93. The first-order valence-corrected chi connectivity index (χ1v) is 6.53. The van der Waals surface area contributed by atoms with Gasteiger partial charge in [-0.2, -0.15) is 0 Å². The number of methoxy groups -OCH3 is 1. The molecule has 0 radical (unpaired) electrons. The molecule has 0 amide bonds. The summed E-state index contributed by atoms with van der Waals surface area (Å²) in [4.78, 5) is 11.4. The van der Waals surface area contributed by atoms with Gasteiger partial charge in [0.15, 0.2) is 0 Å². The number of nitrogens with one attached hydrogen (secondary N) is 1. The zero-order chi connectivity index (χ0) is 14.7. The van der Waals surface area contributed by atoms with E-state index in [2.05, 4.69) is 30.0 Å². The van der Waals surface area contributed by atoms with Gasteiger partial charge in [0.25, 0.3) is 0 Å². The molecule has 1 heterocycles. The van der Waals surface area contributed by atoms with Crippen molar-refractivity contribution in [2.75, 3.05) is 12.4 Å². The van der Waals surface area contributed by atoms with Crippen molar-refractivity contribution >= 4 is 11.7 Å². The topological polar surface area (TPSA) is 51.5 Å². The van der Waals surface area contributed by atoms with Crippen molar-refractivity contribution < 1.29 is 13.9 Å². The van der Waals surface area contributed by atoms with E-state index in [9.17, 15) is 4.79 Å². The number of aryl methyl sites for hydroxylation is 1. The molecule has 0 fully saturated rings. The number of hydrogen-bond acceptors (Lipinski definition) is 4. The molecule has 2 aromatic rings. The average molecular weight is 273 g/mol. The van der Waals surface area contributed by atoms with Gasteiger partial charge < -0.3 is 14.5 Å². The normalized spacial score (nSPS) is 12.0. The lowest BCUT2D eigenvalue weighted by Gasteiger charge is -2.16. The Kier molecular flexibility index (Phi) is 4.13. The maximum Gasteiger partial charge on any atom is 0.373 e. The first kappa shape index (κ1) is 14.2. The molecule has 1 unspecified atom stereocenters. The summed E-state index contributed by atoms with van der Waals surface area (Å²) in [5.41, 5.74) is 3.50. The van der Waals surface area contributed by atoms with Crippen LogP contribution >= 0.6 is 0 Å². The van der Waals surface area contributed by atoms with Crippen LogP contribution < -0.4 is 5.32 Å². The van der Waals surface area contributed by atoms with Gasteiger partial charge in [-0.1, -0.05) is 12.1 Å². The molecule has 4 heteroatoms. The van der Waals surface area contributed by atoms with E-state index in [4.69, 9.17) is 4.42 Å². The minimum absolute atomic E-state index is 0.0334. The van der Waals surface area contributed by atoms with Gasteiger partial charge in [0.2, 0.25) is 5.76 Å². The highest BCUT2D eigenvalue weighted by molar-refractivity contribution is 5.86. The minimum Gasteiger partial charge on any atom is -0.463 e. The summed E-state index contributed by atoms with van der Waals surface area (Å²) < 4.78 is 10.1. The Morgan fingerprint density at radius 2 is 2.00 bits per heavy atom. The summed E-state index contributed by atoms with van der Waals surface area (Å²) >= 11 is 0. The second-order valence-corrected chi connectivity index (χ2v) is 4.81. The van der Waals surface area contributed by atoms with Crippen molar-refractivity contribution in [2.45, 2.75) is 26.8 Å². The van der Waals surface area contributed by atoms with Crippen molar-refractivity contribution in [3.8, 4) is 0 Å². The second kappa shape index (κ2) is 5.82. The van der Waals surface area contributed by atoms with Crippen molar-refractivity contribution in [3.63, 3.8) is 0 Å². The molecule has 0 aliphatic carbocycles. The lowest BCUT2D eigenvalue weighted by atomic mass is 10.1. The Morgan fingerprint density at radius 3 is 2.70 bits per heavy atom. The molecule has 106 valence electrons. The van der Waals surface area contributed by atoms with Crippen LogP contribution in [0.15, 0.2) is 34.7 Å². The number of anilines is 1. The SMILES string of the molecule is COC(=O)c1ccc(C(C)Nc2cccc(C)c2C)o1. The summed E-state index contributed by atoms with van der Waals surface area (Å²) in [6.45, 7) is 6.14. The van der Waals surface area contributed by atoms with E-state index >= 15 is 0 Å². The van der Waals surface area contributed by atoms with E-state index in [1.54, 1.807) is 12.1 Å². The fraction of sp³-hybridized carbons (Fsp3) is 0.312. The van der Waals surface area contributed by atoms with Crippen LogP contribution in [0.3, 0.4) is 0 Å². The van der Waals surface area contributed by atoms with Gasteiger partial charge in [-0.3, -0.25) is 0 Å². The van der Waals surface area contributed by atoms with Crippen LogP contribution in [0.25, 0.3) is 0 Å². The second-order valence-electron chi connectivity index (χ2n) is 4.81. The summed E-state index contributed by atoms with van der Waals surface area (Å²) in [7, 11) is 1.34. The smallest absolute Gasteiger partial charge is 0.373 e. The molecule has 1 N–H and O–H groups in total. The Labute approximate surface area is 118 Å². The number of esters is 1. The Morgan fingerprint density at radius 1 is 1.25 bits per heavy atom. The molecule has 0 aliphatic heterocycles. The number of benzene rings is 1. The van der Waals surface area contributed by atoms with Crippen LogP contribution in [0.1, 0.15) is 40.4 Å². The van der Waals surface area contributed by atoms with Crippen LogP contribution in [-0.2, 0) is 4.74 Å². The Hall–Kier alpha value is -2.23. The fourth-order valence-corrected chi connectivity index (χ4v) is 2.01. The molecule has 0 bridgehead atoms. The molecule has 0 aliphatic rings. The quantitative estimate of drug-likeness (QED) is 0.859. The van der Waals surface area contributed by atoms with Crippen molar-refractivity contribution in [2.24, 2.45) is 0 Å². The van der Waals surface area contributed by atoms with Crippen LogP contribution in [0.5, 0.6) is 0 Å². The molecule has 4 nitrogen and oxygen atoms in total. The Balaban J connectivity index is 2.16. The van der Waals surface area contributed by atoms with Gasteiger partial charge in [0.1, 0.15) is 5.76 Å². The molecule has 2 rings (SSSR count). The molecular formula is C16H19NO3. The molecular weight excluding hydrogens is 254 g/mol. The van der Waals surface area contributed by atoms with Crippen LogP contribution in [0, 0.1) is 13.8 Å². The first-order valence-electron chi connectivity index (χ1n) is 6.53. The van der Waals surface area contributed by atoms with E-state index in [0.717, 1.165) is 5.69 Å². The molecule has 0 saturated carbocycles. The van der Waals surface area contributed by atoms with Gasteiger partial charge in [-0.05, 0) is 50.1 Å². The first-order chi connectivity index (χ1) is 9.52. The van der Waals surface area contributed by atoms with Gasteiger partial charge in [-0.15, -0.1) is 0 Å². The standard InChI is InChI=1S/C16H19NO3/c1-10-6-5-7-13(11(10)2)17-12(3)14-8-9-15(20-14)16(18)19-4/h5-9,12,17H,1-4H3. The zero-order valence-electron chi connectivity index (χ0n) is 12.2. The van der Waals surface area contributed by atoms with Gasteiger partial charge in [-0.25, -0.2) is 4.79 Å². The number of ether oxygens (including phenoxy) is 1. The lowest BCUT2D eigenvalue weighted by Crippen LogP contribution is -2.07. The van der Waals surface area contributed by atoms with E-state index < -0.39 is 5.97 Å². The molecule has 1 aromatic carbocycles. The molecule has 0 spiro atoms.